The highest BCUT2D eigenvalue weighted by molar-refractivity contribution is 5.94. The van der Waals surface area contributed by atoms with Gasteiger partial charge in [-0.1, -0.05) is 13.8 Å². The van der Waals surface area contributed by atoms with E-state index < -0.39 is 5.97 Å². The van der Waals surface area contributed by atoms with Crippen LogP contribution in [0.25, 0.3) is 0 Å². The van der Waals surface area contributed by atoms with Crippen LogP contribution in [0.3, 0.4) is 0 Å². The van der Waals surface area contributed by atoms with Gasteiger partial charge in [-0.2, -0.15) is 0 Å². The maximum Gasteiger partial charge on any atom is 0.337 e. The Morgan fingerprint density at radius 1 is 1.56 bits per heavy atom. The number of hydrogen-bond donors (Lipinski definition) is 1. The summed E-state index contributed by atoms with van der Waals surface area (Å²) in [6.07, 6.45) is 4.14. The molecule has 0 fully saturated rings. The van der Waals surface area contributed by atoms with Gasteiger partial charge >= 0.3 is 5.97 Å². The largest absolute Gasteiger partial charge is 0.478 e. The van der Waals surface area contributed by atoms with E-state index in [4.69, 9.17) is 5.11 Å². The van der Waals surface area contributed by atoms with Gasteiger partial charge in [0.25, 0.3) is 0 Å². The van der Waals surface area contributed by atoms with E-state index in [-0.39, 0.29) is 0 Å². The predicted octanol–water partition coefficient (Wildman–Crippen LogP) is 2.26. The van der Waals surface area contributed by atoms with Crippen LogP contribution in [0.1, 0.15) is 30.6 Å². The zero-order chi connectivity index (χ0) is 12.1. The van der Waals surface area contributed by atoms with Crippen molar-refractivity contribution in [3.05, 3.63) is 24.0 Å². The molecule has 1 aromatic rings. The number of hydrogen-bond acceptors (Lipinski definition) is 3. The smallest absolute Gasteiger partial charge is 0.337 e. The molecule has 1 rings (SSSR count). The quantitative estimate of drug-likeness (QED) is 0.830. The minimum Gasteiger partial charge on any atom is -0.478 e. The van der Waals surface area contributed by atoms with Crippen LogP contribution in [0.5, 0.6) is 0 Å². The van der Waals surface area contributed by atoms with Crippen LogP contribution in [0, 0.1) is 5.92 Å². The average molecular weight is 222 g/mol. The van der Waals surface area contributed by atoms with Gasteiger partial charge in [-0.25, -0.2) is 4.79 Å². The van der Waals surface area contributed by atoms with Crippen molar-refractivity contribution in [3.8, 4) is 0 Å². The van der Waals surface area contributed by atoms with Crippen LogP contribution in [0.15, 0.2) is 18.5 Å². The fourth-order valence-electron chi connectivity index (χ4n) is 1.44. The Labute approximate surface area is 95.9 Å². The highest BCUT2D eigenvalue weighted by atomic mass is 16.4. The predicted molar refractivity (Wildman–Crippen MR) is 63.9 cm³/mol. The molecule has 0 aliphatic heterocycles. The summed E-state index contributed by atoms with van der Waals surface area (Å²) in [5.74, 6) is -0.304. The molecule has 1 N–H and O–H groups in total. The third-order valence-electron chi connectivity index (χ3n) is 2.48. The molecule has 4 nitrogen and oxygen atoms in total. The maximum atomic E-state index is 11.0. The number of aromatic carboxylic acids is 1. The third-order valence-corrected chi connectivity index (χ3v) is 2.48. The van der Waals surface area contributed by atoms with Crippen LogP contribution in [0.4, 0.5) is 5.69 Å². The molecule has 0 saturated heterocycles. The van der Waals surface area contributed by atoms with Gasteiger partial charge in [0.1, 0.15) is 0 Å². The summed E-state index contributed by atoms with van der Waals surface area (Å²) in [6, 6.07) is 1.53. The van der Waals surface area contributed by atoms with E-state index >= 15 is 0 Å². The zero-order valence-corrected chi connectivity index (χ0v) is 9.97. The lowest BCUT2D eigenvalue weighted by Crippen LogP contribution is -2.22. The molecule has 0 aromatic carbocycles. The summed E-state index contributed by atoms with van der Waals surface area (Å²) in [7, 11) is 1.89. The Morgan fingerprint density at radius 2 is 2.25 bits per heavy atom. The van der Waals surface area contributed by atoms with Crippen molar-refractivity contribution in [2.45, 2.75) is 20.3 Å². The van der Waals surface area contributed by atoms with E-state index in [1.807, 2.05) is 11.9 Å². The van der Waals surface area contributed by atoms with Gasteiger partial charge in [-0.15, -0.1) is 0 Å². The molecule has 0 atom stereocenters. The lowest BCUT2D eigenvalue weighted by Gasteiger charge is -2.21. The van der Waals surface area contributed by atoms with E-state index in [0.29, 0.717) is 17.2 Å². The van der Waals surface area contributed by atoms with Crippen LogP contribution in [-0.2, 0) is 0 Å². The van der Waals surface area contributed by atoms with Crippen molar-refractivity contribution in [2.24, 2.45) is 5.92 Å². The molecular weight excluding hydrogens is 204 g/mol. The van der Waals surface area contributed by atoms with Crippen molar-refractivity contribution >= 4 is 11.7 Å². The number of pyridine rings is 1. The Morgan fingerprint density at radius 3 is 2.81 bits per heavy atom. The maximum absolute atomic E-state index is 11.0. The molecule has 0 aliphatic rings. The van der Waals surface area contributed by atoms with Gasteiger partial charge in [-0.3, -0.25) is 4.98 Å². The highest BCUT2D eigenvalue weighted by Gasteiger charge is 2.13. The van der Waals surface area contributed by atoms with E-state index in [1.165, 1.54) is 12.3 Å². The van der Waals surface area contributed by atoms with Gasteiger partial charge in [0.15, 0.2) is 0 Å². The number of carboxylic acid groups (broad SMARTS) is 1. The molecule has 0 bridgehead atoms. The molecule has 88 valence electrons. The monoisotopic (exact) mass is 222 g/mol. The van der Waals surface area contributed by atoms with E-state index in [0.717, 1.165) is 13.0 Å². The Balaban J connectivity index is 2.82. The van der Waals surface area contributed by atoms with Crippen molar-refractivity contribution < 1.29 is 9.90 Å². The molecule has 0 aliphatic carbocycles. The van der Waals surface area contributed by atoms with Crippen molar-refractivity contribution in [1.29, 1.82) is 0 Å². The number of rotatable bonds is 5. The Hall–Kier alpha value is -1.58. The first kappa shape index (κ1) is 12.5. The summed E-state index contributed by atoms with van der Waals surface area (Å²) in [5, 5.41) is 9.04. The summed E-state index contributed by atoms with van der Waals surface area (Å²) in [6.45, 7) is 5.13. The minimum atomic E-state index is -0.909. The molecule has 0 amide bonds. The summed E-state index contributed by atoms with van der Waals surface area (Å²) in [5.41, 5.74) is 0.983. The lowest BCUT2D eigenvalue weighted by molar-refractivity contribution is 0.0697. The first-order chi connectivity index (χ1) is 7.52. The molecular formula is C12H18N2O2. The fourth-order valence-corrected chi connectivity index (χ4v) is 1.44. The van der Waals surface area contributed by atoms with Gasteiger partial charge in [0.05, 0.1) is 17.4 Å². The first-order valence-corrected chi connectivity index (χ1v) is 5.40. The van der Waals surface area contributed by atoms with Gasteiger partial charge in [0.2, 0.25) is 0 Å². The van der Waals surface area contributed by atoms with Crippen LogP contribution in [0.2, 0.25) is 0 Å². The SMILES string of the molecule is CC(C)CCN(C)c1cnccc1C(=O)O. The van der Waals surface area contributed by atoms with Gasteiger partial charge in [-0.05, 0) is 18.4 Å². The second-order valence-corrected chi connectivity index (χ2v) is 4.30. The van der Waals surface area contributed by atoms with Crippen LogP contribution >= 0.6 is 0 Å². The normalized spacial score (nSPS) is 10.5. The minimum absolute atomic E-state index is 0.307. The molecule has 4 heteroatoms. The van der Waals surface area contributed by atoms with E-state index in [2.05, 4.69) is 18.8 Å². The Kier molecular flexibility index (Phi) is 4.28. The highest BCUT2D eigenvalue weighted by Crippen LogP contribution is 2.18. The lowest BCUT2D eigenvalue weighted by atomic mass is 10.1. The molecule has 0 unspecified atom stereocenters. The zero-order valence-electron chi connectivity index (χ0n) is 9.97. The van der Waals surface area contributed by atoms with Gasteiger partial charge < -0.3 is 10.0 Å². The number of aromatic nitrogens is 1. The summed E-state index contributed by atoms with van der Waals surface area (Å²) >= 11 is 0. The number of carboxylic acids is 1. The van der Waals surface area contributed by atoms with Crippen LogP contribution < -0.4 is 4.90 Å². The van der Waals surface area contributed by atoms with Crippen molar-refractivity contribution in [1.82, 2.24) is 4.98 Å². The molecule has 0 radical (unpaired) electrons. The summed E-state index contributed by atoms with van der Waals surface area (Å²) in [4.78, 5) is 16.9. The standard InChI is InChI=1S/C12H18N2O2/c1-9(2)5-7-14(3)11-8-13-6-4-10(11)12(15)16/h4,6,8-9H,5,7H2,1-3H3,(H,15,16). The second kappa shape index (κ2) is 5.49. The molecule has 1 aromatic heterocycles. The molecule has 16 heavy (non-hydrogen) atoms. The molecule has 0 spiro atoms. The van der Waals surface area contributed by atoms with E-state index in [9.17, 15) is 4.79 Å². The molecule has 1 heterocycles. The van der Waals surface area contributed by atoms with Crippen molar-refractivity contribution in [2.75, 3.05) is 18.5 Å². The fraction of sp³-hybridized carbons (Fsp3) is 0.500. The number of anilines is 1. The summed E-state index contributed by atoms with van der Waals surface area (Å²) < 4.78 is 0. The average Bonchev–Trinajstić information content (AvgIpc) is 2.25. The number of carbonyl (C=O) groups is 1. The van der Waals surface area contributed by atoms with Crippen molar-refractivity contribution in [3.63, 3.8) is 0 Å². The first-order valence-electron chi connectivity index (χ1n) is 5.40. The molecule has 0 saturated carbocycles. The third kappa shape index (κ3) is 3.22. The number of nitrogens with zero attached hydrogens (tertiary/aromatic N) is 2. The Bertz CT molecular complexity index is 364. The van der Waals surface area contributed by atoms with Crippen LogP contribution in [-0.4, -0.2) is 29.7 Å². The second-order valence-electron chi connectivity index (χ2n) is 4.30. The topological polar surface area (TPSA) is 53.4 Å². The van der Waals surface area contributed by atoms with E-state index in [1.54, 1.807) is 6.20 Å². The van der Waals surface area contributed by atoms with Gasteiger partial charge in [0, 0.05) is 19.8 Å².